The van der Waals surface area contributed by atoms with Crippen LogP contribution in [0.15, 0.2) is 0 Å². The van der Waals surface area contributed by atoms with Crippen LogP contribution in [-0.2, 0) is 4.74 Å². The van der Waals surface area contributed by atoms with Crippen molar-refractivity contribution in [2.75, 3.05) is 0 Å². The third-order valence-electron chi connectivity index (χ3n) is 2.00. The molecule has 0 aromatic heterocycles. The second-order valence-electron chi connectivity index (χ2n) is 5.09. The summed E-state index contributed by atoms with van der Waals surface area (Å²) in [5.41, 5.74) is -0.222. The van der Waals surface area contributed by atoms with Crippen molar-refractivity contribution in [1.29, 1.82) is 0 Å². The molecule has 0 aliphatic heterocycles. The molecule has 0 aromatic carbocycles. The van der Waals surface area contributed by atoms with Gasteiger partial charge in [-0.25, -0.2) is 4.79 Å². The van der Waals surface area contributed by atoms with Gasteiger partial charge in [-0.05, 0) is 40.5 Å². The predicted octanol–water partition coefficient (Wildman–Crippen LogP) is 3.48. The highest BCUT2D eigenvalue weighted by Gasteiger charge is 2.16. The Kier molecular flexibility index (Phi) is 6.37. The van der Waals surface area contributed by atoms with Gasteiger partial charge in [0.2, 0.25) is 0 Å². The number of hydrogen-bond acceptors (Lipinski definition) is 2. The molecule has 0 fully saturated rings. The average molecular weight is 215 g/mol. The van der Waals surface area contributed by atoms with Crippen LogP contribution >= 0.6 is 0 Å². The van der Waals surface area contributed by atoms with Crippen LogP contribution in [0, 0.1) is 0 Å². The molecule has 1 N–H and O–H groups in total. The second-order valence-corrected chi connectivity index (χ2v) is 5.09. The molecule has 0 bridgehead atoms. The summed E-state index contributed by atoms with van der Waals surface area (Å²) in [5.74, 6) is 0. The highest BCUT2D eigenvalue weighted by molar-refractivity contribution is 5.68. The van der Waals surface area contributed by atoms with Gasteiger partial charge in [-0.1, -0.05) is 19.8 Å². The lowest BCUT2D eigenvalue weighted by molar-refractivity contribution is 0.0943. The first-order chi connectivity index (χ1) is 6.85. The monoisotopic (exact) mass is 215 g/mol. The standard InChI is InChI=1S/C12H25NO2/c1-6-7-8-9-10(2)15-11(14)13-12(3,4)5/h10H,6-9H2,1-5H3,(H,13,14). The van der Waals surface area contributed by atoms with E-state index in [9.17, 15) is 4.79 Å². The topological polar surface area (TPSA) is 38.3 Å². The zero-order chi connectivity index (χ0) is 11.9. The molecule has 1 amide bonds. The number of nitrogens with one attached hydrogen (secondary N) is 1. The molecule has 0 aromatic rings. The zero-order valence-corrected chi connectivity index (χ0v) is 10.7. The van der Waals surface area contributed by atoms with E-state index in [2.05, 4.69) is 12.2 Å². The first-order valence-electron chi connectivity index (χ1n) is 5.84. The molecule has 15 heavy (non-hydrogen) atoms. The number of rotatable bonds is 5. The van der Waals surface area contributed by atoms with Crippen LogP contribution in [0.3, 0.4) is 0 Å². The van der Waals surface area contributed by atoms with Gasteiger partial charge in [-0.2, -0.15) is 0 Å². The molecule has 90 valence electrons. The van der Waals surface area contributed by atoms with E-state index in [1.54, 1.807) is 0 Å². The molecule has 0 rings (SSSR count). The number of unbranched alkanes of at least 4 members (excludes halogenated alkanes) is 2. The molecule has 0 spiro atoms. The summed E-state index contributed by atoms with van der Waals surface area (Å²) < 4.78 is 5.22. The van der Waals surface area contributed by atoms with Crippen molar-refractivity contribution in [2.45, 2.75) is 71.9 Å². The highest BCUT2D eigenvalue weighted by atomic mass is 16.6. The minimum absolute atomic E-state index is 0.0129. The van der Waals surface area contributed by atoms with Crippen LogP contribution in [-0.4, -0.2) is 17.7 Å². The molecule has 0 aliphatic rings. The summed E-state index contributed by atoms with van der Waals surface area (Å²) in [6.45, 7) is 9.93. The first-order valence-corrected chi connectivity index (χ1v) is 5.84. The van der Waals surface area contributed by atoms with Crippen molar-refractivity contribution < 1.29 is 9.53 Å². The van der Waals surface area contributed by atoms with Crippen LogP contribution in [0.2, 0.25) is 0 Å². The molecular formula is C12H25NO2. The number of alkyl carbamates (subject to hydrolysis) is 1. The summed E-state index contributed by atoms with van der Waals surface area (Å²) >= 11 is 0. The number of carbonyl (C=O) groups is 1. The largest absolute Gasteiger partial charge is 0.447 e. The van der Waals surface area contributed by atoms with Gasteiger partial charge in [0, 0.05) is 5.54 Å². The maximum atomic E-state index is 11.4. The van der Waals surface area contributed by atoms with E-state index in [1.165, 1.54) is 12.8 Å². The van der Waals surface area contributed by atoms with E-state index in [0.29, 0.717) is 0 Å². The summed E-state index contributed by atoms with van der Waals surface area (Å²) in [6, 6.07) is 0. The fraction of sp³-hybridized carbons (Fsp3) is 0.917. The summed E-state index contributed by atoms with van der Waals surface area (Å²) in [7, 11) is 0. The smallest absolute Gasteiger partial charge is 0.407 e. The van der Waals surface area contributed by atoms with Crippen molar-refractivity contribution in [2.24, 2.45) is 0 Å². The third-order valence-corrected chi connectivity index (χ3v) is 2.00. The minimum atomic E-state index is -0.313. The van der Waals surface area contributed by atoms with Crippen molar-refractivity contribution in [3.63, 3.8) is 0 Å². The zero-order valence-electron chi connectivity index (χ0n) is 10.7. The maximum Gasteiger partial charge on any atom is 0.407 e. The molecule has 0 saturated heterocycles. The Morgan fingerprint density at radius 3 is 2.40 bits per heavy atom. The summed E-state index contributed by atoms with van der Waals surface area (Å²) in [6.07, 6.45) is 4.17. The quantitative estimate of drug-likeness (QED) is 0.713. The van der Waals surface area contributed by atoms with Gasteiger partial charge in [0.1, 0.15) is 6.10 Å². The van der Waals surface area contributed by atoms with Crippen molar-refractivity contribution >= 4 is 6.09 Å². The van der Waals surface area contributed by atoms with Crippen LogP contribution < -0.4 is 5.32 Å². The molecule has 1 atom stereocenters. The molecule has 1 unspecified atom stereocenters. The van der Waals surface area contributed by atoms with Gasteiger partial charge in [0.25, 0.3) is 0 Å². The number of ether oxygens (including phenoxy) is 1. The lowest BCUT2D eigenvalue weighted by Crippen LogP contribution is -2.42. The molecule has 3 nitrogen and oxygen atoms in total. The Balaban J connectivity index is 3.67. The molecule has 0 saturated carbocycles. The Morgan fingerprint density at radius 2 is 1.93 bits per heavy atom. The Labute approximate surface area is 93.6 Å². The lowest BCUT2D eigenvalue weighted by Gasteiger charge is -2.22. The fourth-order valence-corrected chi connectivity index (χ4v) is 1.26. The minimum Gasteiger partial charge on any atom is -0.447 e. The van der Waals surface area contributed by atoms with Gasteiger partial charge < -0.3 is 10.1 Å². The highest BCUT2D eigenvalue weighted by Crippen LogP contribution is 2.07. The van der Waals surface area contributed by atoms with Crippen LogP contribution in [0.5, 0.6) is 0 Å². The van der Waals surface area contributed by atoms with Crippen LogP contribution in [0.1, 0.15) is 60.3 Å². The van der Waals surface area contributed by atoms with Gasteiger partial charge in [-0.3, -0.25) is 0 Å². The summed E-state index contributed by atoms with van der Waals surface area (Å²) in [5, 5.41) is 2.78. The van der Waals surface area contributed by atoms with Crippen molar-refractivity contribution in [1.82, 2.24) is 5.32 Å². The Bertz CT molecular complexity index is 185. The number of carbonyl (C=O) groups excluding carboxylic acids is 1. The fourth-order valence-electron chi connectivity index (χ4n) is 1.26. The van der Waals surface area contributed by atoms with Gasteiger partial charge in [0.15, 0.2) is 0 Å². The maximum absolute atomic E-state index is 11.4. The van der Waals surface area contributed by atoms with Crippen molar-refractivity contribution in [3.05, 3.63) is 0 Å². The van der Waals surface area contributed by atoms with E-state index in [4.69, 9.17) is 4.74 Å². The van der Waals surface area contributed by atoms with Gasteiger partial charge >= 0.3 is 6.09 Å². The summed E-state index contributed by atoms with van der Waals surface area (Å²) in [4.78, 5) is 11.4. The second kappa shape index (κ2) is 6.70. The third kappa shape index (κ3) is 9.57. The molecule has 0 aliphatic carbocycles. The molecule has 0 radical (unpaired) electrons. The van der Waals surface area contributed by atoms with E-state index >= 15 is 0 Å². The van der Waals surface area contributed by atoms with E-state index < -0.39 is 0 Å². The van der Waals surface area contributed by atoms with E-state index in [1.807, 2.05) is 27.7 Å². The molecule has 0 heterocycles. The molecule has 3 heteroatoms. The van der Waals surface area contributed by atoms with E-state index in [0.717, 1.165) is 12.8 Å². The molecular weight excluding hydrogens is 190 g/mol. The Hall–Kier alpha value is -0.730. The van der Waals surface area contributed by atoms with Gasteiger partial charge in [-0.15, -0.1) is 0 Å². The average Bonchev–Trinajstić information content (AvgIpc) is 2.00. The number of hydrogen-bond donors (Lipinski definition) is 1. The predicted molar refractivity (Wildman–Crippen MR) is 63.0 cm³/mol. The van der Waals surface area contributed by atoms with Gasteiger partial charge in [0.05, 0.1) is 0 Å². The van der Waals surface area contributed by atoms with Crippen LogP contribution in [0.25, 0.3) is 0 Å². The normalized spacial score (nSPS) is 13.4. The lowest BCUT2D eigenvalue weighted by atomic mass is 10.1. The van der Waals surface area contributed by atoms with Crippen molar-refractivity contribution in [3.8, 4) is 0 Å². The Morgan fingerprint density at radius 1 is 1.33 bits per heavy atom. The number of amides is 1. The first kappa shape index (κ1) is 14.3. The van der Waals surface area contributed by atoms with Crippen LogP contribution in [0.4, 0.5) is 4.79 Å². The SMILES string of the molecule is CCCCCC(C)OC(=O)NC(C)(C)C. The van der Waals surface area contributed by atoms with E-state index in [-0.39, 0.29) is 17.7 Å².